The van der Waals surface area contributed by atoms with Gasteiger partial charge in [0, 0.05) is 42.2 Å². The number of hydrogen-bond donors (Lipinski definition) is 1. The normalized spacial score (nSPS) is 16.1. The molecule has 4 rings (SSSR count). The van der Waals surface area contributed by atoms with Gasteiger partial charge in [0.15, 0.2) is 6.61 Å². The van der Waals surface area contributed by atoms with Gasteiger partial charge >= 0.3 is 5.97 Å². The van der Waals surface area contributed by atoms with Crippen LogP contribution >= 0.6 is 0 Å². The van der Waals surface area contributed by atoms with Crippen LogP contribution in [0, 0.1) is 5.92 Å². The number of hydrogen-bond acceptors (Lipinski definition) is 4. The minimum atomic E-state index is -0.522. The van der Waals surface area contributed by atoms with Gasteiger partial charge < -0.3 is 14.6 Å². The van der Waals surface area contributed by atoms with Gasteiger partial charge in [0.2, 0.25) is 11.7 Å². The van der Waals surface area contributed by atoms with E-state index in [-0.39, 0.29) is 24.7 Å². The van der Waals surface area contributed by atoms with E-state index in [0.29, 0.717) is 18.7 Å². The Labute approximate surface area is 181 Å². The predicted molar refractivity (Wildman–Crippen MR) is 118 cm³/mol. The number of para-hydroxylation sites is 1. The van der Waals surface area contributed by atoms with Crippen LogP contribution in [0.4, 0.5) is 0 Å². The van der Waals surface area contributed by atoms with Crippen molar-refractivity contribution in [2.45, 2.75) is 26.2 Å². The third-order valence-corrected chi connectivity index (χ3v) is 5.89. The lowest BCUT2D eigenvalue weighted by Gasteiger charge is -2.16. The topological polar surface area (TPSA) is 79.5 Å². The fourth-order valence-electron chi connectivity index (χ4n) is 4.13. The Bertz CT molecular complexity index is 1100. The summed E-state index contributed by atoms with van der Waals surface area (Å²) in [6.45, 7) is 2.65. The second-order valence-electron chi connectivity index (χ2n) is 7.90. The van der Waals surface area contributed by atoms with Crippen molar-refractivity contribution in [3.8, 4) is 0 Å². The summed E-state index contributed by atoms with van der Waals surface area (Å²) in [6.07, 6.45) is 3.41. The molecule has 31 heavy (non-hydrogen) atoms. The standard InChI is InChI=1S/C25H26N2O4/c1-2-18-9-6-10-20-21(14-26-24(18)20)22(28)16-31-25(30)19-13-23(29)27(15-19)12-11-17-7-4-3-5-8-17/h3-10,14,19,26H,2,11-13,15-16H2,1H3/t19-/m0/s1. The third-order valence-electron chi connectivity index (χ3n) is 5.89. The molecule has 160 valence electrons. The lowest BCUT2D eigenvalue weighted by atomic mass is 10.1. The van der Waals surface area contributed by atoms with Crippen LogP contribution in [0.2, 0.25) is 0 Å². The molecule has 2 heterocycles. The van der Waals surface area contributed by atoms with Crippen LogP contribution in [0.1, 0.15) is 34.8 Å². The molecule has 0 bridgehead atoms. The molecule has 1 aromatic heterocycles. The van der Waals surface area contributed by atoms with Gasteiger partial charge in [0.05, 0.1) is 5.92 Å². The summed E-state index contributed by atoms with van der Waals surface area (Å²) in [7, 11) is 0. The number of aryl methyl sites for hydroxylation is 1. The minimum absolute atomic E-state index is 0.0482. The lowest BCUT2D eigenvalue weighted by Crippen LogP contribution is -2.29. The molecule has 0 radical (unpaired) electrons. The maximum atomic E-state index is 12.7. The number of nitrogens with one attached hydrogen (secondary N) is 1. The molecule has 1 N–H and O–H groups in total. The van der Waals surface area contributed by atoms with Crippen LogP contribution in [-0.2, 0) is 27.2 Å². The average Bonchev–Trinajstić information content (AvgIpc) is 3.40. The number of fused-ring (bicyclic) bond motifs is 1. The molecule has 1 fully saturated rings. The SMILES string of the molecule is CCc1cccc2c(C(=O)COC(=O)[C@H]3CC(=O)N(CCc4ccccc4)C3)c[nH]c12. The second-order valence-corrected chi connectivity index (χ2v) is 7.90. The first-order valence-electron chi connectivity index (χ1n) is 10.7. The van der Waals surface area contributed by atoms with E-state index in [2.05, 4.69) is 11.9 Å². The number of ether oxygens (including phenoxy) is 1. The lowest BCUT2D eigenvalue weighted by molar-refractivity contribution is -0.147. The fraction of sp³-hybridized carbons (Fsp3) is 0.320. The number of nitrogens with zero attached hydrogens (tertiary/aromatic N) is 1. The van der Waals surface area contributed by atoms with Gasteiger partial charge in [0.25, 0.3) is 0 Å². The molecule has 6 nitrogen and oxygen atoms in total. The van der Waals surface area contributed by atoms with Crippen molar-refractivity contribution in [3.05, 3.63) is 71.4 Å². The number of carbonyl (C=O) groups is 3. The predicted octanol–water partition coefficient (Wildman–Crippen LogP) is 3.55. The number of esters is 1. The number of amides is 1. The zero-order valence-electron chi connectivity index (χ0n) is 17.6. The van der Waals surface area contributed by atoms with Gasteiger partial charge in [-0.05, 0) is 24.0 Å². The first kappa shape index (κ1) is 20.8. The Morgan fingerprint density at radius 3 is 2.71 bits per heavy atom. The van der Waals surface area contributed by atoms with Gasteiger partial charge in [-0.3, -0.25) is 14.4 Å². The maximum Gasteiger partial charge on any atom is 0.311 e. The smallest absolute Gasteiger partial charge is 0.311 e. The number of rotatable bonds is 8. The minimum Gasteiger partial charge on any atom is -0.457 e. The first-order valence-corrected chi connectivity index (χ1v) is 10.7. The van der Waals surface area contributed by atoms with Crippen LogP contribution in [0.15, 0.2) is 54.7 Å². The summed E-state index contributed by atoms with van der Waals surface area (Å²) in [5.74, 6) is -1.31. The Morgan fingerprint density at radius 1 is 1.13 bits per heavy atom. The zero-order chi connectivity index (χ0) is 21.8. The van der Waals surface area contributed by atoms with E-state index in [0.717, 1.165) is 34.9 Å². The number of H-pyrrole nitrogens is 1. The highest BCUT2D eigenvalue weighted by atomic mass is 16.5. The van der Waals surface area contributed by atoms with Gasteiger partial charge in [-0.25, -0.2) is 0 Å². The number of Topliss-reactive ketones (excluding diaryl/α,β-unsaturated/α-hetero) is 1. The molecule has 0 unspecified atom stereocenters. The molecular weight excluding hydrogens is 392 g/mol. The summed E-state index contributed by atoms with van der Waals surface area (Å²) in [5.41, 5.74) is 3.74. The second kappa shape index (κ2) is 9.16. The zero-order valence-corrected chi connectivity index (χ0v) is 17.6. The van der Waals surface area contributed by atoms with Crippen molar-refractivity contribution in [2.75, 3.05) is 19.7 Å². The Hall–Kier alpha value is -3.41. The number of benzene rings is 2. The van der Waals surface area contributed by atoms with Crippen LogP contribution in [0.3, 0.4) is 0 Å². The average molecular weight is 418 g/mol. The Morgan fingerprint density at radius 2 is 1.94 bits per heavy atom. The summed E-state index contributed by atoms with van der Waals surface area (Å²) in [6, 6.07) is 15.8. The van der Waals surface area contributed by atoms with E-state index >= 15 is 0 Å². The fourth-order valence-corrected chi connectivity index (χ4v) is 4.13. The van der Waals surface area contributed by atoms with Crippen molar-refractivity contribution in [1.29, 1.82) is 0 Å². The molecule has 1 saturated heterocycles. The molecule has 0 saturated carbocycles. The van der Waals surface area contributed by atoms with Crippen molar-refractivity contribution < 1.29 is 19.1 Å². The van der Waals surface area contributed by atoms with Crippen molar-refractivity contribution in [3.63, 3.8) is 0 Å². The summed E-state index contributed by atoms with van der Waals surface area (Å²) >= 11 is 0. The highest BCUT2D eigenvalue weighted by Gasteiger charge is 2.35. The molecule has 0 spiro atoms. The van der Waals surface area contributed by atoms with Gasteiger partial charge in [0.1, 0.15) is 0 Å². The van der Waals surface area contributed by atoms with Gasteiger partial charge in [-0.1, -0.05) is 55.5 Å². The number of aromatic nitrogens is 1. The highest BCUT2D eigenvalue weighted by Crippen LogP contribution is 2.23. The maximum absolute atomic E-state index is 12.7. The van der Waals surface area contributed by atoms with E-state index in [4.69, 9.17) is 4.74 Å². The number of aromatic amines is 1. The summed E-state index contributed by atoms with van der Waals surface area (Å²) in [4.78, 5) is 42.3. The molecule has 1 atom stereocenters. The van der Waals surface area contributed by atoms with Gasteiger partial charge in [-0.15, -0.1) is 0 Å². The van der Waals surface area contributed by atoms with E-state index in [1.54, 1.807) is 11.1 Å². The van der Waals surface area contributed by atoms with E-state index in [9.17, 15) is 14.4 Å². The van der Waals surface area contributed by atoms with E-state index < -0.39 is 11.9 Å². The van der Waals surface area contributed by atoms with Crippen LogP contribution in [-0.4, -0.2) is 47.2 Å². The summed E-state index contributed by atoms with van der Waals surface area (Å²) in [5, 5.41) is 0.837. The van der Waals surface area contributed by atoms with E-state index in [1.807, 2.05) is 48.5 Å². The molecule has 1 aliphatic heterocycles. The van der Waals surface area contributed by atoms with Gasteiger partial charge in [-0.2, -0.15) is 0 Å². The van der Waals surface area contributed by atoms with E-state index in [1.165, 1.54) is 0 Å². The number of likely N-dealkylation sites (tertiary alicyclic amines) is 1. The molecular formula is C25H26N2O4. The Kier molecular flexibility index (Phi) is 6.16. The molecule has 3 aromatic rings. The molecule has 2 aromatic carbocycles. The molecule has 0 aliphatic carbocycles. The largest absolute Gasteiger partial charge is 0.457 e. The molecule has 1 aliphatic rings. The van der Waals surface area contributed by atoms with Crippen LogP contribution in [0.5, 0.6) is 0 Å². The summed E-state index contributed by atoms with van der Waals surface area (Å²) < 4.78 is 5.30. The van der Waals surface area contributed by atoms with Crippen molar-refractivity contribution >= 4 is 28.6 Å². The van der Waals surface area contributed by atoms with Crippen molar-refractivity contribution in [1.82, 2.24) is 9.88 Å². The Balaban J connectivity index is 1.32. The third kappa shape index (κ3) is 4.53. The highest BCUT2D eigenvalue weighted by molar-refractivity contribution is 6.09. The first-order chi connectivity index (χ1) is 15.1. The number of ketones is 1. The molecule has 1 amide bonds. The van der Waals surface area contributed by atoms with Crippen LogP contribution in [0.25, 0.3) is 10.9 Å². The quantitative estimate of drug-likeness (QED) is 0.448. The molecule has 6 heteroatoms. The monoisotopic (exact) mass is 418 g/mol. The van der Waals surface area contributed by atoms with Crippen LogP contribution < -0.4 is 0 Å². The van der Waals surface area contributed by atoms with Crippen molar-refractivity contribution in [2.24, 2.45) is 5.92 Å². The number of carbonyl (C=O) groups excluding carboxylic acids is 3.